The van der Waals surface area contributed by atoms with Crippen molar-refractivity contribution in [3.05, 3.63) is 65.5 Å². The van der Waals surface area contributed by atoms with E-state index in [1.165, 1.54) is 5.56 Å². The zero-order valence-electron chi connectivity index (χ0n) is 14.5. The summed E-state index contributed by atoms with van der Waals surface area (Å²) in [6.07, 6.45) is 3.59. The van der Waals surface area contributed by atoms with Gasteiger partial charge in [0.15, 0.2) is 0 Å². The van der Waals surface area contributed by atoms with Crippen molar-refractivity contribution < 1.29 is 9.53 Å². The number of primary amides is 1. The van der Waals surface area contributed by atoms with Gasteiger partial charge in [-0.2, -0.15) is 5.26 Å². The number of nitriles is 1. The molecule has 1 saturated heterocycles. The standard InChI is InChI=1S/C20H22N4O2/c21-9-16-3-1-2-4-17(16)10-24-11-18(13-26-14-20(22)25)19(12-24)15-5-7-23-8-6-15/h1-8,18-19H,10-14H2,(H2,22,25)/t18-,19-/m0/s1. The molecular weight excluding hydrogens is 328 g/mol. The van der Waals surface area contributed by atoms with E-state index in [0.29, 0.717) is 18.1 Å². The lowest BCUT2D eigenvalue weighted by Gasteiger charge is -2.18. The summed E-state index contributed by atoms with van der Waals surface area (Å²) in [6.45, 7) is 2.85. The maximum Gasteiger partial charge on any atom is 0.243 e. The Morgan fingerprint density at radius 1 is 1.27 bits per heavy atom. The number of nitrogens with two attached hydrogens (primary N) is 1. The highest BCUT2D eigenvalue weighted by Gasteiger charge is 2.34. The van der Waals surface area contributed by atoms with Gasteiger partial charge in [-0.25, -0.2) is 0 Å². The Bertz CT molecular complexity index is 788. The summed E-state index contributed by atoms with van der Waals surface area (Å²) in [6, 6.07) is 14.0. The Balaban J connectivity index is 1.73. The van der Waals surface area contributed by atoms with Gasteiger partial charge in [0.2, 0.25) is 5.91 Å². The minimum Gasteiger partial charge on any atom is -0.371 e. The molecule has 3 rings (SSSR count). The third-order valence-corrected chi connectivity index (χ3v) is 4.76. The molecule has 134 valence electrons. The molecule has 0 saturated carbocycles. The molecule has 0 spiro atoms. The maximum atomic E-state index is 10.9. The average molecular weight is 350 g/mol. The summed E-state index contributed by atoms with van der Waals surface area (Å²) in [5.41, 5.74) is 8.12. The van der Waals surface area contributed by atoms with E-state index in [2.05, 4.69) is 16.0 Å². The zero-order valence-corrected chi connectivity index (χ0v) is 14.5. The van der Waals surface area contributed by atoms with Gasteiger partial charge in [0.25, 0.3) is 0 Å². The van der Waals surface area contributed by atoms with Crippen molar-refractivity contribution in [3.63, 3.8) is 0 Å². The third kappa shape index (κ3) is 4.45. The molecule has 2 heterocycles. The maximum absolute atomic E-state index is 10.9. The van der Waals surface area contributed by atoms with Gasteiger partial charge in [-0.05, 0) is 29.3 Å². The Hall–Kier alpha value is -2.75. The number of hydrogen-bond donors (Lipinski definition) is 1. The lowest BCUT2D eigenvalue weighted by molar-refractivity contribution is -0.122. The quantitative estimate of drug-likeness (QED) is 0.820. The second-order valence-corrected chi connectivity index (χ2v) is 6.59. The SMILES string of the molecule is N#Cc1ccccc1CN1C[C@@H](COCC(N)=O)[C@H](c2ccncc2)C1. The normalized spacial score (nSPS) is 20.0. The summed E-state index contributed by atoms with van der Waals surface area (Å²) in [7, 11) is 0. The van der Waals surface area contributed by atoms with Crippen LogP contribution in [0.3, 0.4) is 0 Å². The van der Waals surface area contributed by atoms with E-state index >= 15 is 0 Å². The number of nitrogens with zero attached hydrogens (tertiary/aromatic N) is 3. The van der Waals surface area contributed by atoms with Gasteiger partial charge in [-0.1, -0.05) is 18.2 Å². The first-order valence-electron chi connectivity index (χ1n) is 8.63. The van der Waals surface area contributed by atoms with Crippen LogP contribution in [-0.2, 0) is 16.1 Å². The fraction of sp³-hybridized carbons (Fsp3) is 0.350. The van der Waals surface area contributed by atoms with Crippen molar-refractivity contribution in [3.8, 4) is 6.07 Å². The average Bonchev–Trinajstić information content (AvgIpc) is 3.05. The fourth-order valence-corrected chi connectivity index (χ4v) is 3.57. The van der Waals surface area contributed by atoms with E-state index in [4.69, 9.17) is 10.5 Å². The van der Waals surface area contributed by atoms with E-state index in [1.54, 1.807) is 12.4 Å². The van der Waals surface area contributed by atoms with Crippen LogP contribution in [0.2, 0.25) is 0 Å². The summed E-state index contributed by atoms with van der Waals surface area (Å²) in [4.78, 5) is 17.4. The molecule has 2 atom stereocenters. The van der Waals surface area contributed by atoms with Crippen LogP contribution in [0.1, 0.15) is 22.6 Å². The Kier molecular flexibility index (Phi) is 5.95. The Morgan fingerprint density at radius 2 is 2.04 bits per heavy atom. The molecule has 2 aromatic rings. The first-order valence-corrected chi connectivity index (χ1v) is 8.63. The van der Waals surface area contributed by atoms with E-state index in [1.807, 2.05) is 36.4 Å². The van der Waals surface area contributed by atoms with Crippen LogP contribution < -0.4 is 5.73 Å². The number of ether oxygens (including phenoxy) is 1. The van der Waals surface area contributed by atoms with Crippen molar-refractivity contribution in [2.45, 2.75) is 12.5 Å². The third-order valence-electron chi connectivity index (χ3n) is 4.76. The van der Waals surface area contributed by atoms with E-state index < -0.39 is 5.91 Å². The smallest absolute Gasteiger partial charge is 0.243 e. The first-order chi connectivity index (χ1) is 12.7. The summed E-state index contributed by atoms with van der Waals surface area (Å²) >= 11 is 0. The monoisotopic (exact) mass is 350 g/mol. The van der Waals surface area contributed by atoms with E-state index in [-0.39, 0.29) is 12.5 Å². The van der Waals surface area contributed by atoms with Crippen molar-refractivity contribution in [1.29, 1.82) is 5.26 Å². The highest BCUT2D eigenvalue weighted by Crippen LogP contribution is 2.33. The summed E-state index contributed by atoms with van der Waals surface area (Å²) in [5, 5.41) is 9.30. The lowest BCUT2D eigenvalue weighted by Crippen LogP contribution is -2.24. The molecule has 0 bridgehead atoms. The molecule has 1 aromatic heterocycles. The predicted molar refractivity (Wildman–Crippen MR) is 96.9 cm³/mol. The first kappa shape index (κ1) is 18.1. The van der Waals surface area contributed by atoms with Crippen LogP contribution in [0.15, 0.2) is 48.8 Å². The number of benzene rings is 1. The highest BCUT2D eigenvalue weighted by molar-refractivity contribution is 5.74. The van der Waals surface area contributed by atoms with Gasteiger partial charge in [0.05, 0.1) is 18.2 Å². The second kappa shape index (κ2) is 8.56. The molecule has 1 aliphatic rings. The van der Waals surface area contributed by atoms with Crippen molar-refractivity contribution in [2.24, 2.45) is 11.7 Å². The molecule has 26 heavy (non-hydrogen) atoms. The van der Waals surface area contributed by atoms with Gasteiger partial charge in [-0.15, -0.1) is 0 Å². The van der Waals surface area contributed by atoms with Gasteiger partial charge < -0.3 is 10.5 Å². The molecule has 0 aliphatic carbocycles. The molecule has 1 fully saturated rings. The molecule has 0 unspecified atom stereocenters. The number of carbonyl (C=O) groups excluding carboxylic acids is 1. The number of hydrogen-bond acceptors (Lipinski definition) is 5. The van der Waals surface area contributed by atoms with Crippen LogP contribution in [0.4, 0.5) is 0 Å². The number of amides is 1. The largest absolute Gasteiger partial charge is 0.371 e. The minimum absolute atomic E-state index is 0.0587. The van der Waals surface area contributed by atoms with Crippen LogP contribution >= 0.6 is 0 Å². The number of pyridine rings is 1. The number of aromatic nitrogens is 1. The highest BCUT2D eigenvalue weighted by atomic mass is 16.5. The predicted octanol–water partition coefficient (Wildman–Crippen LogP) is 1.67. The van der Waals surface area contributed by atoms with Gasteiger partial charge in [0.1, 0.15) is 6.61 Å². The molecule has 1 aromatic carbocycles. The van der Waals surface area contributed by atoms with Crippen molar-refractivity contribution >= 4 is 5.91 Å². The Morgan fingerprint density at radius 3 is 2.77 bits per heavy atom. The Labute approximate surface area is 153 Å². The molecule has 6 heteroatoms. The lowest BCUT2D eigenvalue weighted by atomic mass is 9.90. The zero-order chi connectivity index (χ0) is 18.4. The van der Waals surface area contributed by atoms with Crippen LogP contribution in [0.5, 0.6) is 0 Å². The molecular formula is C20H22N4O2. The van der Waals surface area contributed by atoms with Crippen molar-refractivity contribution in [1.82, 2.24) is 9.88 Å². The molecule has 2 N–H and O–H groups in total. The number of likely N-dealkylation sites (tertiary alicyclic amines) is 1. The fourth-order valence-electron chi connectivity index (χ4n) is 3.57. The van der Waals surface area contributed by atoms with E-state index in [0.717, 1.165) is 25.2 Å². The van der Waals surface area contributed by atoms with Crippen LogP contribution in [0, 0.1) is 17.2 Å². The van der Waals surface area contributed by atoms with Gasteiger partial charge >= 0.3 is 0 Å². The molecule has 0 radical (unpaired) electrons. The molecule has 1 amide bonds. The van der Waals surface area contributed by atoms with E-state index in [9.17, 15) is 10.1 Å². The molecule has 1 aliphatic heterocycles. The van der Waals surface area contributed by atoms with Gasteiger partial charge in [-0.3, -0.25) is 14.7 Å². The second-order valence-electron chi connectivity index (χ2n) is 6.59. The summed E-state index contributed by atoms with van der Waals surface area (Å²) in [5.74, 6) is 0.0920. The van der Waals surface area contributed by atoms with Crippen LogP contribution in [0.25, 0.3) is 0 Å². The van der Waals surface area contributed by atoms with Gasteiger partial charge in [0, 0.05) is 43.9 Å². The molecule has 6 nitrogen and oxygen atoms in total. The number of rotatable bonds is 7. The number of carbonyl (C=O) groups is 1. The van der Waals surface area contributed by atoms with Crippen molar-refractivity contribution in [2.75, 3.05) is 26.3 Å². The topological polar surface area (TPSA) is 92.2 Å². The minimum atomic E-state index is -0.455. The van der Waals surface area contributed by atoms with Crippen LogP contribution in [-0.4, -0.2) is 42.1 Å². The summed E-state index contributed by atoms with van der Waals surface area (Å²) < 4.78 is 5.51.